The van der Waals surface area contributed by atoms with Crippen molar-refractivity contribution in [1.82, 2.24) is 0 Å². The van der Waals surface area contributed by atoms with E-state index in [2.05, 4.69) is 0 Å². The van der Waals surface area contributed by atoms with Crippen LogP contribution in [0.25, 0.3) is 0 Å². The van der Waals surface area contributed by atoms with Crippen molar-refractivity contribution in [2.75, 3.05) is 7.11 Å². The van der Waals surface area contributed by atoms with E-state index in [0.29, 0.717) is 0 Å². The van der Waals surface area contributed by atoms with E-state index >= 15 is 0 Å². The van der Waals surface area contributed by atoms with Crippen molar-refractivity contribution >= 4 is 46.9 Å². The molecule has 0 spiro atoms. The molecule has 7 nitrogen and oxygen atoms in total. The first-order valence-electron chi connectivity index (χ1n) is 5.96. The molecule has 2 rings (SSSR count). The Balaban J connectivity index is 2.22. The fourth-order valence-corrected chi connectivity index (χ4v) is 2.48. The second-order valence-corrected chi connectivity index (χ2v) is 7.39. The number of hydrogen-bond acceptors (Lipinski definition) is 7. The van der Waals surface area contributed by atoms with Crippen molar-refractivity contribution in [2.45, 2.75) is 47.8 Å². The van der Waals surface area contributed by atoms with E-state index in [4.69, 9.17) is 63.9 Å². The number of carbonyl (C=O) groups excluding carboxylic acids is 1. The van der Waals surface area contributed by atoms with E-state index < -0.39 is 46.0 Å². The van der Waals surface area contributed by atoms with Crippen LogP contribution in [0.1, 0.15) is 13.8 Å². The van der Waals surface area contributed by atoms with Gasteiger partial charge >= 0.3 is 6.16 Å². The van der Waals surface area contributed by atoms with Crippen molar-refractivity contribution in [3.05, 3.63) is 0 Å². The van der Waals surface area contributed by atoms with E-state index in [1.807, 2.05) is 0 Å². The van der Waals surface area contributed by atoms with Gasteiger partial charge in [-0.1, -0.05) is 34.8 Å². The molecule has 2 saturated heterocycles. The Bertz CT molecular complexity index is 452. The number of fused-ring (bicyclic) bond motifs is 1. The van der Waals surface area contributed by atoms with E-state index in [0.717, 1.165) is 0 Å². The number of alkyl halides is 3. The lowest BCUT2D eigenvalue weighted by Gasteiger charge is -2.45. The molecule has 0 amide bonds. The number of ether oxygens (including phenoxy) is 5. The van der Waals surface area contributed by atoms with Crippen molar-refractivity contribution in [1.29, 1.82) is 5.41 Å². The zero-order chi connectivity index (χ0) is 16.0. The molecule has 4 atom stereocenters. The second-order valence-electron chi connectivity index (χ2n) is 5.11. The summed E-state index contributed by atoms with van der Waals surface area (Å²) in [4.78, 5) is 11.4. The van der Waals surface area contributed by atoms with Crippen LogP contribution in [-0.4, -0.2) is 53.2 Å². The van der Waals surface area contributed by atoms with Crippen LogP contribution < -0.4 is 0 Å². The predicted octanol–water partition coefficient (Wildman–Crippen LogP) is 2.40. The molecule has 0 aromatic heterocycles. The molecule has 2 fully saturated rings. The average molecular weight is 363 g/mol. The standard InChI is InChI=1S/C11H14Cl3NO6/c1-10(2)6(17-3)4-5(19-9(16)18-4)7(21-10)20-8(15)11(12,13)14/h4-7,15H,1-3H3/t4-,5+,6-,7?/m0/s1. The highest BCUT2D eigenvalue weighted by molar-refractivity contribution is 6.76. The number of rotatable bonds is 2. The zero-order valence-electron chi connectivity index (χ0n) is 11.4. The molecule has 2 heterocycles. The Morgan fingerprint density at radius 2 is 1.86 bits per heavy atom. The Kier molecular flexibility index (Phi) is 4.52. The topological polar surface area (TPSA) is 87.1 Å². The minimum Gasteiger partial charge on any atom is -0.444 e. The first-order valence-corrected chi connectivity index (χ1v) is 7.10. The molecule has 120 valence electrons. The molecule has 0 aliphatic carbocycles. The van der Waals surface area contributed by atoms with Gasteiger partial charge in [0.05, 0.1) is 5.60 Å². The molecular weight excluding hydrogens is 348 g/mol. The first kappa shape index (κ1) is 16.9. The van der Waals surface area contributed by atoms with Gasteiger partial charge in [0.15, 0.2) is 6.10 Å². The van der Waals surface area contributed by atoms with Crippen LogP contribution in [0.15, 0.2) is 0 Å². The van der Waals surface area contributed by atoms with E-state index in [9.17, 15) is 4.79 Å². The van der Waals surface area contributed by atoms with Gasteiger partial charge in [0, 0.05) is 7.11 Å². The van der Waals surface area contributed by atoms with Gasteiger partial charge < -0.3 is 23.7 Å². The maximum absolute atomic E-state index is 11.4. The summed E-state index contributed by atoms with van der Waals surface area (Å²) in [6.07, 6.45) is -4.27. The van der Waals surface area contributed by atoms with Gasteiger partial charge in [-0.3, -0.25) is 5.41 Å². The number of methoxy groups -OCH3 is 1. The van der Waals surface area contributed by atoms with E-state index in [-0.39, 0.29) is 0 Å². The first-order chi connectivity index (χ1) is 9.56. The lowest BCUT2D eigenvalue weighted by Crippen LogP contribution is -2.62. The van der Waals surface area contributed by atoms with Crippen LogP contribution in [0.5, 0.6) is 0 Å². The maximum atomic E-state index is 11.4. The summed E-state index contributed by atoms with van der Waals surface area (Å²) in [5, 5.41) is 7.59. The summed E-state index contributed by atoms with van der Waals surface area (Å²) < 4.78 is 24.2. The van der Waals surface area contributed by atoms with Crippen LogP contribution >= 0.6 is 34.8 Å². The maximum Gasteiger partial charge on any atom is 0.509 e. The molecule has 21 heavy (non-hydrogen) atoms. The Labute approximate surface area is 136 Å². The van der Waals surface area contributed by atoms with Crippen LogP contribution in [0, 0.1) is 5.41 Å². The summed E-state index contributed by atoms with van der Waals surface area (Å²) in [5.74, 6) is -0.647. The Hall–Kier alpha value is -0.470. The molecule has 1 unspecified atom stereocenters. The predicted molar refractivity (Wildman–Crippen MR) is 74.0 cm³/mol. The number of carbonyl (C=O) groups is 1. The van der Waals surface area contributed by atoms with Gasteiger partial charge in [-0.25, -0.2) is 4.79 Å². The van der Waals surface area contributed by atoms with Gasteiger partial charge in [-0.05, 0) is 13.8 Å². The minimum atomic E-state index is -2.05. The molecule has 0 saturated carbocycles. The van der Waals surface area contributed by atoms with E-state index in [1.165, 1.54) is 7.11 Å². The van der Waals surface area contributed by atoms with Gasteiger partial charge in [0.2, 0.25) is 18.3 Å². The molecule has 0 aromatic carbocycles. The quantitative estimate of drug-likeness (QED) is 0.351. The molecule has 10 heteroatoms. The van der Waals surface area contributed by atoms with Crippen molar-refractivity contribution in [2.24, 2.45) is 0 Å². The van der Waals surface area contributed by atoms with Crippen LogP contribution in [0.2, 0.25) is 0 Å². The van der Waals surface area contributed by atoms with Gasteiger partial charge in [0.1, 0.15) is 6.10 Å². The number of hydrogen-bond donors (Lipinski definition) is 1. The summed E-state index contributed by atoms with van der Waals surface area (Å²) in [6, 6.07) is 0. The molecule has 0 aromatic rings. The third-order valence-electron chi connectivity index (χ3n) is 3.21. The lowest BCUT2D eigenvalue weighted by atomic mass is 9.89. The normalized spacial score (nSPS) is 34.7. The van der Waals surface area contributed by atoms with Crippen LogP contribution in [0.4, 0.5) is 4.79 Å². The molecule has 0 radical (unpaired) electrons. The lowest BCUT2D eigenvalue weighted by molar-refractivity contribution is -0.287. The second kappa shape index (κ2) is 5.62. The largest absolute Gasteiger partial charge is 0.509 e. The minimum absolute atomic E-state index is 0.573. The fraction of sp³-hybridized carbons (Fsp3) is 0.818. The summed E-state index contributed by atoms with van der Waals surface area (Å²) in [5.41, 5.74) is -0.873. The van der Waals surface area contributed by atoms with Gasteiger partial charge in [-0.15, -0.1) is 0 Å². The van der Waals surface area contributed by atoms with Gasteiger partial charge in [-0.2, -0.15) is 0 Å². The van der Waals surface area contributed by atoms with Crippen LogP contribution in [0.3, 0.4) is 0 Å². The average Bonchev–Trinajstić information content (AvgIpc) is 2.68. The number of halogens is 3. The Morgan fingerprint density at radius 1 is 1.29 bits per heavy atom. The highest BCUT2D eigenvalue weighted by Gasteiger charge is 2.59. The Morgan fingerprint density at radius 3 is 2.38 bits per heavy atom. The SMILES string of the molecule is CO[C@H]1[C@H]2OC(=O)O[C@H]2C(OC(=N)C(Cl)(Cl)Cl)OC1(C)C. The summed E-state index contributed by atoms with van der Waals surface area (Å²) in [7, 11) is 1.46. The number of nitrogens with one attached hydrogen (secondary N) is 1. The molecule has 2 aliphatic heterocycles. The monoisotopic (exact) mass is 361 g/mol. The highest BCUT2D eigenvalue weighted by atomic mass is 35.6. The van der Waals surface area contributed by atoms with Crippen molar-refractivity contribution < 1.29 is 28.5 Å². The summed E-state index contributed by atoms with van der Waals surface area (Å²) in [6.45, 7) is 3.44. The molecular formula is C11H14Cl3NO6. The van der Waals surface area contributed by atoms with Crippen molar-refractivity contribution in [3.63, 3.8) is 0 Å². The molecule has 0 bridgehead atoms. The van der Waals surface area contributed by atoms with Crippen molar-refractivity contribution in [3.8, 4) is 0 Å². The van der Waals surface area contributed by atoms with E-state index in [1.54, 1.807) is 13.8 Å². The highest BCUT2D eigenvalue weighted by Crippen LogP contribution is 2.39. The third-order valence-corrected chi connectivity index (χ3v) is 3.72. The third kappa shape index (κ3) is 3.32. The molecule has 2 aliphatic rings. The zero-order valence-corrected chi connectivity index (χ0v) is 13.7. The van der Waals surface area contributed by atoms with Gasteiger partial charge in [0.25, 0.3) is 3.79 Å². The fourth-order valence-electron chi connectivity index (χ4n) is 2.35. The van der Waals surface area contributed by atoms with Crippen LogP contribution in [-0.2, 0) is 23.7 Å². The molecule has 1 N–H and O–H groups in total. The summed E-state index contributed by atoms with van der Waals surface area (Å²) >= 11 is 16.7. The smallest absolute Gasteiger partial charge is 0.444 e.